The van der Waals surface area contributed by atoms with Gasteiger partial charge < -0.3 is 10.1 Å². The van der Waals surface area contributed by atoms with Gasteiger partial charge in [0.15, 0.2) is 0 Å². The number of nitrogens with zero attached hydrogens (tertiary/aromatic N) is 1. The number of ether oxygens (including phenoxy) is 1. The lowest BCUT2D eigenvalue weighted by Crippen LogP contribution is -2.47. The van der Waals surface area contributed by atoms with E-state index in [9.17, 15) is 0 Å². The molecule has 1 aromatic carbocycles. The molecule has 3 rings (SSSR count). The molecule has 0 amide bonds. The minimum absolute atomic E-state index is 0.364. The van der Waals surface area contributed by atoms with Crippen LogP contribution >= 0.6 is 0 Å². The molecule has 3 heteroatoms. The lowest BCUT2D eigenvalue weighted by Gasteiger charge is -2.29. The fourth-order valence-electron chi connectivity index (χ4n) is 2.81. The summed E-state index contributed by atoms with van der Waals surface area (Å²) in [5.74, 6) is 1.01. The lowest BCUT2D eigenvalue weighted by atomic mass is 10.1. The van der Waals surface area contributed by atoms with Crippen molar-refractivity contribution in [2.45, 2.75) is 25.5 Å². The Morgan fingerprint density at radius 1 is 1.29 bits per heavy atom. The summed E-state index contributed by atoms with van der Waals surface area (Å²) in [7, 11) is 0. The summed E-state index contributed by atoms with van der Waals surface area (Å²) in [6, 6.07) is 9.05. The molecule has 2 fully saturated rings. The monoisotopic (exact) mass is 232 g/mol. The third-order valence-electron chi connectivity index (χ3n) is 3.77. The maximum Gasteiger partial charge on any atom is 0.119 e. The van der Waals surface area contributed by atoms with Crippen molar-refractivity contribution < 1.29 is 4.74 Å². The first-order chi connectivity index (χ1) is 8.31. The van der Waals surface area contributed by atoms with Gasteiger partial charge in [-0.3, -0.25) is 4.90 Å². The molecule has 2 heterocycles. The lowest BCUT2D eigenvalue weighted by molar-refractivity contribution is 0.186. The molecule has 0 spiro atoms. The molecular formula is C14H20N2O. The van der Waals surface area contributed by atoms with Crippen LogP contribution in [-0.4, -0.2) is 43.2 Å². The second-order valence-corrected chi connectivity index (χ2v) is 5.14. The van der Waals surface area contributed by atoms with Crippen molar-refractivity contribution in [2.24, 2.45) is 0 Å². The van der Waals surface area contributed by atoms with Crippen LogP contribution in [0.15, 0.2) is 24.3 Å². The first-order valence-corrected chi connectivity index (χ1v) is 6.49. The first-order valence-electron chi connectivity index (χ1n) is 6.49. The highest BCUT2D eigenvalue weighted by atomic mass is 16.5. The van der Waals surface area contributed by atoms with E-state index < -0.39 is 0 Å². The zero-order valence-corrected chi connectivity index (χ0v) is 10.4. The Balaban J connectivity index is 1.61. The van der Waals surface area contributed by atoms with Crippen LogP contribution in [0.4, 0.5) is 0 Å². The Bertz CT molecular complexity index is 362. The normalized spacial score (nSPS) is 29.0. The van der Waals surface area contributed by atoms with E-state index in [1.807, 2.05) is 0 Å². The predicted molar refractivity (Wildman–Crippen MR) is 68.4 cm³/mol. The van der Waals surface area contributed by atoms with Crippen LogP contribution in [0.3, 0.4) is 0 Å². The molecule has 0 saturated carbocycles. The number of aryl methyl sites for hydroxylation is 1. The number of benzene rings is 1. The van der Waals surface area contributed by atoms with Gasteiger partial charge in [0.1, 0.15) is 11.9 Å². The van der Waals surface area contributed by atoms with Crippen LogP contribution in [0.2, 0.25) is 0 Å². The second kappa shape index (κ2) is 4.67. The molecule has 2 aliphatic rings. The Labute approximate surface area is 103 Å². The van der Waals surface area contributed by atoms with E-state index in [1.54, 1.807) is 0 Å². The van der Waals surface area contributed by atoms with Crippen molar-refractivity contribution in [3.05, 3.63) is 29.8 Å². The van der Waals surface area contributed by atoms with Crippen molar-refractivity contribution >= 4 is 0 Å². The molecule has 0 aromatic heterocycles. The average Bonchev–Trinajstić information content (AvgIpc) is 2.74. The Morgan fingerprint density at radius 2 is 2.12 bits per heavy atom. The second-order valence-electron chi connectivity index (χ2n) is 5.14. The van der Waals surface area contributed by atoms with Gasteiger partial charge in [-0.25, -0.2) is 0 Å². The SMILES string of the molecule is Cc1ccc(OC2CC3CNCCN3C2)cc1. The van der Waals surface area contributed by atoms with E-state index in [2.05, 4.69) is 41.4 Å². The molecule has 17 heavy (non-hydrogen) atoms. The molecule has 92 valence electrons. The standard InChI is InChI=1S/C14H20N2O/c1-11-2-4-13(5-3-11)17-14-8-12-9-15-6-7-16(12)10-14/h2-5,12,14-15H,6-10H2,1H3. The molecule has 2 saturated heterocycles. The zero-order chi connectivity index (χ0) is 11.7. The minimum atomic E-state index is 0.364. The van der Waals surface area contributed by atoms with Crippen LogP contribution < -0.4 is 10.1 Å². The average molecular weight is 232 g/mol. The maximum absolute atomic E-state index is 6.05. The summed E-state index contributed by atoms with van der Waals surface area (Å²) in [6.45, 7) is 6.59. The third kappa shape index (κ3) is 2.45. The summed E-state index contributed by atoms with van der Waals surface area (Å²) < 4.78 is 6.05. The van der Waals surface area contributed by atoms with Crippen LogP contribution in [0, 0.1) is 6.92 Å². The highest BCUT2D eigenvalue weighted by Crippen LogP contribution is 2.23. The number of hydrogen-bond donors (Lipinski definition) is 1. The number of rotatable bonds is 2. The van der Waals surface area contributed by atoms with Gasteiger partial charge in [0, 0.05) is 38.6 Å². The summed E-state index contributed by atoms with van der Waals surface area (Å²) in [6.07, 6.45) is 1.52. The number of fused-ring (bicyclic) bond motifs is 1. The molecule has 0 aliphatic carbocycles. The molecule has 3 nitrogen and oxygen atoms in total. The number of hydrogen-bond acceptors (Lipinski definition) is 3. The fourth-order valence-corrected chi connectivity index (χ4v) is 2.81. The van der Waals surface area contributed by atoms with Gasteiger partial charge in [-0.15, -0.1) is 0 Å². The molecule has 0 bridgehead atoms. The van der Waals surface area contributed by atoms with Crippen molar-refractivity contribution in [1.29, 1.82) is 0 Å². The van der Waals surface area contributed by atoms with Gasteiger partial charge in [-0.2, -0.15) is 0 Å². The molecular weight excluding hydrogens is 212 g/mol. The number of piperazine rings is 1. The van der Waals surface area contributed by atoms with Gasteiger partial charge in [0.05, 0.1) is 0 Å². The van der Waals surface area contributed by atoms with E-state index in [4.69, 9.17) is 4.74 Å². The first kappa shape index (κ1) is 11.1. The minimum Gasteiger partial charge on any atom is -0.489 e. The van der Waals surface area contributed by atoms with E-state index >= 15 is 0 Å². The largest absolute Gasteiger partial charge is 0.489 e. The van der Waals surface area contributed by atoms with Gasteiger partial charge in [0.2, 0.25) is 0 Å². The van der Waals surface area contributed by atoms with Gasteiger partial charge in [-0.1, -0.05) is 17.7 Å². The Hall–Kier alpha value is -1.06. The summed E-state index contributed by atoms with van der Waals surface area (Å²) in [5.41, 5.74) is 1.28. The number of nitrogens with one attached hydrogen (secondary N) is 1. The van der Waals surface area contributed by atoms with Crippen molar-refractivity contribution in [2.75, 3.05) is 26.2 Å². The highest BCUT2D eigenvalue weighted by molar-refractivity contribution is 5.26. The van der Waals surface area contributed by atoms with Crippen molar-refractivity contribution in [3.63, 3.8) is 0 Å². The van der Waals surface area contributed by atoms with Gasteiger partial charge >= 0.3 is 0 Å². The van der Waals surface area contributed by atoms with E-state index in [0.29, 0.717) is 12.1 Å². The molecule has 1 N–H and O–H groups in total. The molecule has 2 atom stereocenters. The van der Waals surface area contributed by atoms with Crippen LogP contribution in [-0.2, 0) is 0 Å². The highest BCUT2D eigenvalue weighted by Gasteiger charge is 2.34. The van der Waals surface area contributed by atoms with E-state index in [-0.39, 0.29) is 0 Å². The van der Waals surface area contributed by atoms with E-state index in [0.717, 1.165) is 31.8 Å². The van der Waals surface area contributed by atoms with E-state index in [1.165, 1.54) is 12.1 Å². The van der Waals surface area contributed by atoms with Crippen LogP contribution in [0.1, 0.15) is 12.0 Å². The molecule has 2 unspecified atom stereocenters. The van der Waals surface area contributed by atoms with Crippen LogP contribution in [0.5, 0.6) is 5.75 Å². The van der Waals surface area contributed by atoms with Crippen molar-refractivity contribution in [3.8, 4) is 5.75 Å². The zero-order valence-electron chi connectivity index (χ0n) is 10.4. The fraction of sp³-hybridized carbons (Fsp3) is 0.571. The van der Waals surface area contributed by atoms with Crippen LogP contribution in [0.25, 0.3) is 0 Å². The van der Waals surface area contributed by atoms with Gasteiger partial charge in [-0.05, 0) is 19.1 Å². The van der Waals surface area contributed by atoms with Crippen molar-refractivity contribution in [1.82, 2.24) is 10.2 Å². The predicted octanol–water partition coefficient (Wildman–Crippen LogP) is 1.42. The summed E-state index contributed by atoms with van der Waals surface area (Å²) >= 11 is 0. The Kier molecular flexibility index (Phi) is 3.04. The summed E-state index contributed by atoms with van der Waals surface area (Å²) in [5, 5.41) is 3.45. The molecule has 0 radical (unpaired) electrons. The molecule has 1 aromatic rings. The summed E-state index contributed by atoms with van der Waals surface area (Å²) in [4.78, 5) is 2.55. The topological polar surface area (TPSA) is 24.5 Å². The smallest absolute Gasteiger partial charge is 0.119 e. The van der Waals surface area contributed by atoms with Gasteiger partial charge in [0.25, 0.3) is 0 Å². The molecule has 2 aliphatic heterocycles. The quantitative estimate of drug-likeness (QED) is 0.834. The Morgan fingerprint density at radius 3 is 2.88 bits per heavy atom. The third-order valence-corrected chi connectivity index (χ3v) is 3.77. The maximum atomic E-state index is 6.05.